The highest BCUT2D eigenvalue weighted by atomic mass is 16.1. The molecule has 1 amide bonds. The van der Waals surface area contributed by atoms with Gasteiger partial charge in [-0.05, 0) is 24.1 Å². The number of carbonyl (C=O) groups excluding carboxylic acids is 1. The minimum atomic E-state index is -0.360. The first kappa shape index (κ1) is 10.7. The molecule has 2 saturated heterocycles. The van der Waals surface area contributed by atoms with Crippen molar-refractivity contribution in [2.45, 2.75) is 25.0 Å². The van der Waals surface area contributed by atoms with Crippen LogP contribution < -0.4 is 11.1 Å². The number of rotatable bonds is 3. The highest BCUT2D eigenvalue weighted by Crippen LogP contribution is 2.24. The molecule has 17 heavy (non-hydrogen) atoms. The average Bonchev–Trinajstić information content (AvgIpc) is 2.91. The molecule has 1 aromatic carbocycles. The van der Waals surface area contributed by atoms with Crippen molar-refractivity contribution in [1.29, 1.82) is 0 Å². The van der Waals surface area contributed by atoms with Crippen molar-refractivity contribution < 1.29 is 4.79 Å². The predicted molar refractivity (Wildman–Crippen MR) is 65.6 cm³/mol. The lowest BCUT2D eigenvalue weighted by Crippen LogP contribution is -2.42. The Kier molecular flexibility index (Phi) is 2.61. The topological polar surface area (TPSA) is 58.4 Å². The van der Waals surface area contributed by atoms with Gasteiger partial charge in [-0.3, -0.25) is 9.69 Å². The van der Waals surface area contributed by atoms with Gasteiger partial charge in [0.25, 0.3) is 0 Å². The summed E-state index contributed by atoms with van der Waals surface area (Å²) in [5.74, 6) is -0.360. The maximum atomic E-state index is 11.0. The first-order chi connectivity index (χ1) is 8.22. The molecule has 90 valence electrons. The monoisotopic (exact) mass is 231 g/mol. The third-order valence-electron chi connectivity index (χ3n) is 3.79. The molecule has 0 aliphatic carbocycles. The number of nitrogens with two attached hydrogens (primary N) is 1. The second-order valence-electron chi connectivity index (χ2n) is 4.99. The van der Waals surface area contributed by atoms with Crippen LogP contribution in [-0.4, -0.2) is 36.0 Å². The summed E-state index contributed by atoms with van der Waals surface area (Å²) in [5, 5.41) is 3.49. The van der Waals surface area contributed by atoms with Crippen LogP contribution in [0.15, 0.2) is 24.3 Å². The Balaban J connectivity index is 1.67. The van der Waals surface area contributed by atoms with Gasteiger partial charge in [-0.2, -0.15) is 0 Å². The van der Waals surface area contributed by atoms with E-state index in [4.69, 9.17) is 5.73 Å². The fourth-order valence-corrected chi connectivity index (χ4v) is 2.85. The molecule has 4 heteroatoms. The summed E-state index contributed by atoms with van der Waals surface area (Å²) in [6.07, 6.45) is 1.28. The Bertz CT molecular complexity index is 429. The van der Waals surface area contributed by atoms with Crippen LogP contribution in [0.2, 0.25) is 0 Å². The molecular weight excluding hydrogens is 214 g/mol. The molecule has 2 atom stereocenters. The summed E-state index contributed by atoms with van der Waals surface area (Å²) in [6, 6.07) is 8.99. The molecule has 1 aromatic rings. The van der Waals surface area contributed by atoms with Crippen LogP contribution in [0.1, 0.15) is 22.3 Å². The third-order valence-corrected chi connectivity index (χ3v) is 3.79. The molecule has 0 spiro atoms. The smallest absolute Gasteiger partial charge is 0.248 e. The lowest BCUT2D eigenvalue weighted by Gasteiger charge is -2.27. The van der Waals surface area contributed by atoms with Crippen molar-refractivity contribution in [3.63, 3.8) is 0 Å². The zero-order chi connectivity index (χ0) is 11.8. The molecule has 0 saturated carbocycles. The molecule has 2 heterocycles. The van der Waals surface area contributed by atoms with Crippen molar-refractivity contribution in [3.05, 3.63) is 35.4 Å². The highest BCUT2D eigenvalue weighted by molar-refractivity contribution is 5.92. The lowest BCUT2D eigenvalue weighted by atomic mass is 10.1. The number of hydrogen-bond acceptors (Lipinski definition) is 3. The Morgan fingerprint density at radius 3 is 2.71 bits per heavy atom. The molecule has 4 nitrogen and oxygen atoms in total. The first-order valence-electron chi connectivity index (χ1n) is 6.08. The Morgan fingerprint density at radius 2 is 2.18 bits per heavy atom. The summed E-state index contributed by atoms with van der Waals surface area (Å²) >= 11 is 0. The summed E-state index contributed by atoms with van der Waals surface area (Å²) in [7, 11) is 0. The maximum absolute atomic E-state index is 11.0. The second kappa shape index (κ2) is 4.13. The molecule has 2 fully saturated rings. The number of nitrogens with one attached hydrogen (secondary N) is 1. The van der Waals surface area contributed by atoms with Gasteiger partial charge < -0.3 is 11.1 Å². The van der Waals surface area contributed by atoms with E-state index in [0.29, 0.717) is 17.6 Å². The van der Waals surface area contributed by atoms with Gasteiger partial charge in [-0.25, -0.2) is 0 Å². The maximum Gasteiger partial charge on any atom is 0.248 e. The Morgan fingerprint density at radius 1 is 1.41 bits per heavy atom. The molecule has 0 radical (unpaired) electrons. The summed E-state index contributed by atoms with van der Waals surface area (Å²) in [4.78, 5) is 13.5. The SMILES string of the molecule is NC(=O)c1ccc(CN2C[C@@H]3C[C@H]2CN3)cc1. The minimum absolute atomic E-state index is 0.360. The van der Waals surface area contributed by atoms with E-state index in [1.54, 1.807) is 0 Å². The second-order valence-corrected chi connectivity index (χ2v) is 4.99. The number of amides is 1. The highest BCUT2D eigenvalue weighted by Gasteiger charge is 2.37. The lowest BCUT2D eigenvalue weighted by molar-refractivity contribution is 0.100. The van der Waals surface area contributed by atoms with Crippen LogP contribution in [0.3, 0.4) is 0 Å². The van der Waals surface area contributed by atoms with E-state index >= 15 is 0 Å². The van der Waals surface area contributed by atoms with Gasteiger partial charge in [0.2, 0.25) is 5.91 Å². The number of benzene rings is 1. The van der Waals surface area contributed by atoms with Gasteiger partial charge in [0, 0.05) is 37.3 Å². The van der Waals surface area contributed by atoms with E-state index in [9.17, 15) is 4.79 Å². The number of piperazine rings is 1. The number of nitrogens with zero attached hydrogens (tertiary/aromatic N) is 1. The van der Waals surface area contributed by atoms with E-state index in [1.165, 1.54) is 12.0 Å². The van der Waals surface area contributed by atoms with E-state index in [0.717, 1.165) is 19.6 Å². The minimum Gasteiger partial charge on any atom is -0.366 e. The van der Waals surface area contributed by atoms with Crippen LogP contribution >= 0.6 is 0 Å². The van der Waals surface area contributed by atoms with Gasteiger partial charge in [-0.1, -0.05) is 12.1 Å². The quantitative estimate of drug-likeness (QED) is 0.788. The molecule has 3 N–H and O–H groups in total. The van der Waals surface area contributed by atoms with Crippen LogP contribution in [0.4, 0.5) is 0 Å². The van der Waals surface area contributed by atoms with Crippen molar-refractivity contribution >= 4 is 5.91 Å². The van der Waals surface area contributed by atoms with Crippen LogP contribution in [0.5, 0.6) is 0 Å². The number of fused-ring (bicyclic) bond motifs is 2. The van der Waals surface area contributed by atoms with Crippen LogP contribution in [-0.2, 0) is 6.54 Å². The van der Waals surface area contributed by atoms with Crippen molar-refractivity contribution in [2.75, 3.05) is 13.1 Å². The van der Waals surface area contributed by atoms with Gasteiger partial charge in [0.1, 0.15) is 0 Å². The van der Waals surface area contributed by atoms with Crippen molar-refractivity contribution in [3.8, 4) is 0 Å². The Hall–Kier alpha value is -1.39. The van der Waals surface area contributed by atoms with E-state index < -0.39 is 0 Å². The zero-order valence-corrected chi connectivity index (χ0v) is 9.73. The molecule has 2 bridgehead atoms. The predicted octanol–water partition coefficient (Wildman–Crippen LogP) is 0.332. The summed E-state index contributed by atoms with van der Waals surface area (Å²) in [6.45, 7) is 3.23. The molecule has 0 aromatic heterocycles. The molecule has 2 aliphatic heterocycles. The van der Waals surface area contributed by atoms with Crippen LogP contribution in [0.25, 0.3) is 0 Å². The van der Waals surface area contributed by atoms with Gasteiger partial charge in [0.15, 0.2) is 0 Å². The zero-order valence-electron chi connectivity index (χ0n) is 9.73. The van der Waals surface area contributed by atoms with Gasteiger partial charge in [0.05, 0.1) is 0 Å². The van der Waals surface area contributed by atoms with Gasteiger partial charge >= 0.3 is 0 Å². The number of carbonyl (C=O) groups is 1. The van der Waals surface area contributed by atoms with Crippen molar-refractivity contribution in [2.24, 2.45) is 5.73 Å². The van der Waals surface area contributed by atoms with Crippen molar-refractivity contribution in [1.82, 2.24) is 10.2 Å². The molecule has 2 aliphatic rings. The Labute approximate surface area is 101 Å². The average molecular weight is 231 g/mol. The van der Waals surface area contributed by atoms with Gasteiger partial charge in [-0.15, -0.1) is 0 Å². The largest absolute Gasteiger partial charge is 0.366 e. The third kappa shape index (κ3) is 2.06. The molecule has 3 rings (SSSR count). The van der Waals surface area contributed by atoms with E-state index in [2.05, 4.69) is 10.2 Å². The first-order valence-corrected chi connectivity index (χ1v) is 6.08. The number of primary amides is 1. The number of likely N-dealkylation sites (tertiary alicyclic amines) is 1. The fraction of sp³-hybridized carbons (Fsp3) is 0.462. The summed E-state index contributed by atoms with van der Waals surface area (Å²) < 4.78 is 0. The van der Waals surface area contributed by atoms with E-state index in [1.807, 2.05) is 24.3 Å². The fourth-order valence-electron chi connectivity index (χ4n) is 2.85. The number of hydrogen-bond donors (Lipinski definition) is 2. The van der Waals surface area contributed by atoms with Crippen LogP contribution in [0, 0.1) is 0 Å². The standard InChI is InChI=1S/C13H17N3O/c14-13(17)10-3-1-9(2-4-10)7-16-8-11-5-12(16)6-15-11/h1-4,11-12,15H,5-8H2,(H2,14,17)/t11-,12-/m0/s1. The normalized spacial score (nSPS) is 27.5. The molecule has 0 unspecified atom stereocenters. The molecular formula is C13H17N3O. The van der Waals surface area contributed by atoms with E-state index in [-0.39, 0.29) is 5.91 Å². The summed E-state index contributed by atoms with van der Waals surface area (Å²) in [5.41, 5.74) is 7.05.